The van der Waals surface area contributed by atoms with Crippen molar-refractivity contribution in [2.45, 2.75) is 55.5 Å². The molecule has 0 saturated heterocycles. The molecule has 0 fully saturated rings. The molecule has 0 aliphatic heterocycles. The largest absolute Gasteiger partial charge is 0.494 e. The van der Waals surface area contributed by atoms with Gasteiger partial charge in [0.1, 0.15) is 24.2 Å². The number of ether oxygens (including phenoxy) is 1. The van der Waals surface area contributed by atoms with Gasteiger partial charge in [-0.1, -0.05) is 61.9 Å². The van der Waals surface area contributed by atoms with Gasteiger partial charge in [-0.2, -0.15) is 0 Å². The molecule has 48 heavy (non-hydrogen) atoms. The Bertz CT molecular complexity index is 1740. The second-order valence-corrected chi connectivity index (χ2v) is 13.8. The van der Waals surface area contributed by atoms with Gasteiger partial charge in [-0.25, -0.2) is 12.8 Å². The molecule has 1 atom stereocenters. The molecule has 0 aromatic heterocycles. The number of halogens is 1. The lowest BCUT2D eigenvalue weighted by atomic mass is 10.0. The van der Waals surface area contributed by atoms with Crippen LogP contribution in [0, 0.1) is 5.82 Å². The molecule has 4 aromatic carbocycles. The molecule has 8 nitrogen and oxygen atoms in total. The molecule has 2 amide bonds. The quantitative estimate of drug-likeness (QED) is 0.0979. The van der Waals surface area contributed by atoms with Crippen LogP contribution in [0.4, 0.5) is 10.1 Å². The van der Waals surface area contributed by atoms with Gasteiger partial charge in [0.2, 0.25) is 11.8 Å². The molecule has 0 spiro atoms. The maximum atomic E-state index is 15.1. The lowest BCUT2D eigenvalue weighted by molar-refractivity contribution is -0.140. The Hall–Kier alpha value is -4.35. The van der Waals surface area contributed by atoms with Crippen LogP contribution in [0.1, 0.15) is 37.8 Å². The molecule has 1 N–H and O–H groups in total. The molecule has 0 saturated carbocycles. The predicted molar refractivity (Wildman–Crippen MR) is 189 cm³/mol. The van der Waals surface area contributed by atoms with Crippen molar-refractivity contribution in [3.8, 4) is 5.75 Å². The summed E-state index contributed by atoms with van der Waals surface area (Å²) in [6.45, 7) is 3.80. The Labute approximate surface area is 287 Å². The summed E-state index contributed by atoms with van der Waals surface area (Å²) < 4.78 is 50.2. The molecule has 0 unspecified atom stereocenters. The number of carbonyl (C=O) groups is 2. The zero-order valence-electron chi connectivity index (χ0n) is 27.5. The second-order valence-electron chi connectivity index (χ2n) is 11.1. The fourth-order valence-electron chi connectivity index (χ4n) is 5.15. The molecule has 0 heterocycles. The van der Waals surface area contributed by atoms with Crippen LogP contribution in [0.2, 0.25) is 0 Å². The summed E-state index contributed by atoms with van der Waals surface area (Å²) in [5.41, 5.74) is 1.23. The van der Waals surface area contributed by atoms with Gasteiger partial charge in [-0.3, -0.25) is 13.9 Å². The fourth-order valence-corrected chi connectivity index (χ4v) is 6.97. The molecule has 4 aromatic rings. The van der Waals surface area contributed by atoms with Gasteiger partial charge in [0, 0.05) is 30.0 Å². The maximum Gasteiger partial charge on any atom is 0.264 e. The summed E-state index contributed by atoms with van der Waals surface area (Å²) in [5.74, 6) is -1.06. The van der Waals surface area contributed by atoms with E-state index in [0.717, 1.165) is 27.6 Å². The maximum absolute atomic E-state index is 15.1. The minimum Gasteiger partial charge on any atom is -0.494 e. The summed E-state index contributed by atoms with van der Waals surface area (Å²) in [4.78, 5) is 30.6. The van der Waals surface area contributed by atoms with E-state index in [-0.39, 0.29) is 29.1 Å². The van der Waals surface area contributed by atoms with E-state index in [1.807, 2.05) is 50.4 Å². The van der Waals surface area contributed by atoms with Crippen molar-refractivity contribution in [1.29, 1.82) is 0 Å². The van der Waals surface area contributed by atoms with Gasteiger partial charge in [0.25, 0.3) is 10.0 Å². The summed E-state index contributed by atoms with van der Waals surface area (Å²) in [6.07, 6.45) is 3.63. The number of rotatable bonds is 17. The van der Waals surface area contributed by atoms with E-state index in [4.69, 9.17) is 4.74 Å². The van der Waals surface area contributed by atoms with Crippen LogP contribution in [0.15, 0.2) is 113 Å². The SMILES string of the molecule is CCCCNC(=O)[C@H](Cc1ccccc1)N(Cc1ccccc1F)C(=O)CN(c1ccc(OCC)cc1)S(=O)(=O)c1ccc(SC)cc1. The van der Waals surface area contributed by atoms with E-state index >= 15 is 4.39 Å². The van der Waals surface area contributed by atoms with Crippen molar-refractivity contribution in [2.75, 3.05) is 30.3 Å². The number of hydrogen-bond acceptors (Lipinski definition) is 6. The highest BCUT2D eigenvalue weighted by molar-refractivity contribution is 7.98. The lowest BCUT2D eigenvalue weighted by Crippen LogP contribution is -2.53. The van der Waals surface area contributed by atoms with Crippen LogP contribution in [0.5, 0.6) is 5.75 Å². The first-order valence-corrected chi connectivity index (χ1v) is 18.6. The van der Waals surface area contributed by atoms with Crippen LogP contribution < -0.4 is 14.4 Å². The zero-order valence-corrected chi connectivity index (χ0v) is 29.1. The Morgan fingerprint density at radius 2 is 1.56 bits per heavy atom. The van der Waals surface area contributed by atoms with Gasteiger partial charge in [0.15, 0.2) is 0 Å². The molecular formula is C37H42FN3O5S2. The molecule has 4 rings (SSSR count). The molecule has 0 aliphatic carbocycles. The standard InChI is InChI=1S/C37H42FN3O5S2/c1-4-6-24-39-37(43)35(25-28-12-8-7-9-13-28)40(26-29-14-10-11-15-34(29)38)36(42)27-41(30-16-18-31(19-17-30)46-5-2)48(44,45)33-22-20-32(47-3)21-23-33/h7-23,35H,4-6,24-27H2,1-3H3,(H,39,43)/t35-/m0/s1. The number of nitrogens with one attached hydrogen (secondary N) is 1. The number of anilines is 1. The highest BCUT2D eigenvalue weighted by Gasteiger charge is 2.35. The number of thioether (sulfide) groups is 1. The van der Waals surface area contributed by atoms with Gasteiger partial charge in [-0.05, 0) is 79.8 Å². The lowest BCUT2D eigenvalue weighted by Gasteiger charge is -2.34. The number of nitrogens with zero attached hydrogens (tertiary/aromatic N) is 2. The summed E-state index contributed by atoms with van der Waals surface area (Å²) in [7, 11) is -4.28. The normalized spacial score (nSPS) is 11.8. The van der Waals surface area contributed by atoms with E-state index in [0.29, 0.717) is 18.9 Å². The Balaban J connectivity index is 1.80. The van der Waals surface area contributed by atoms with Crippen molar-refractivity contribution in [3.05, 3.63) is 120 Å². The van der Waals surface area contributed by atoms with E-state index in [2.05, 4.69) is 5.32 Å². The summed E-state index contributed by atoms with van der Waals surface area (Å²) in [5, 5.41) is 2.94. The van der Waals surface area contributed by atoms with Crippen molar-refractivity contribution >= 4 is 39.3 Å². The highest BCUT2D eigenvalue weighted by Crippen LogP contribution is 2.28. The van der Waals surface area contributed by atoms with Gasteiger partial charge in [0.05, 0.1) is 17.2 Å². The third kappa shape index (κ3) is 9.60. The Morgan fingerprint density at radius 1 is 0.896 bits per heavy atom. The fraction of sp³-hybridized carbons (Fsp3) is 0.297. The first kappa shape index (κ1) is 36.5. The third-order valence-electron chi connectivity index (χ3n) is 7.76. The Kier molecular flexibility index (Phi) is 13.5. The number of benzene rings is 4. The second kappa shape index (κ2) is 17.7. The summed E-state index contributed by atoms with van der Waals surface area (Å²) in [6, 6.07) is 27.1. The number of sulfonamides is 1. The number of unbranched alkanes of at least 4 members (excludes halogenated alkanes) is 1. The van der Waals surface area contributed by atoms with E-state index in [9.17, 15) is 18.0 Å². The van der Waals surface area contributed by atoms with Crippen LogP contribution in [-0.2, 0) is 32.6 Å². The van der Waals surface area contributed by atoms with Crippen LogP contribution in [0.3, 0.4) is 0 Å². The monoisotopic (exact) mass is 691 g/mol. The average Bonchev–Trinajstić information content (AvgIpc) is 3.10. The first-order chi connectivity index (χ1) is 23.2. The molecule has 0 bridgehead atoms. The van der Waals surface area contributed by atoms with Gasteiger partial charge in [-0.15, -0.1) is 11.8 Å². The Morgan fingerprint density at radius 3 is 2.19 bits per heavy atom. The average molecular weight is 692 g/mol. The van der Waals surface area contributed by atoms with Crippen molar-refractivity contribution in [2.24, 2.45) is 0 Å². The molecule has 0 radical (unpaired) electrons. The first-order valence-electron chi connectivity index (χ1n) is 15.9. The van der Waals surface area contributed by atoms with Crippen LogP contribution in [-0.4, -0.2) is 57.1 Å². The van der Waals surface area contributed by atoms with Crippen LogP contribution >= 0.6 is 11.8 Å². The van der Waals surface area contributed by atoms with Crippen molar-refractivity contribution < 1.29 is 27.1 Å². The smallest absolute Gasteiger partial charge is 0.264 e. The highest BCUT2D eigenvalue weighted by atomic mass is 32.2. The third-order valence-corrected chi connectivity index (χ3v) is 10.3. The predicted octanol–water partition coefficient (Wildman–Crippen LogP) is 6.70. The van der Waals surface area contributed by atoms with Gasteiger partial charge >= 0.3 is 0 Å². The van der Waals surface area contributed by atoms with Crippen molar-refractivity contribution in [3.63, 3.8) is 0 Å². The van der Waals surface area contributed by atoms with Gasteiger partial charge < -0.3 is 15.0 Å². The van der Waals surface area contributed by atoms with Crippen molar-refractivity contribution in [1.82, 2.24) is 10.2 Å². The minimum absolute atomic E-state index is 0.000725. The van der Waals surface area contributed by atoms with Crippen LogP contribution in [0.25, 0.3) is 0 Å². The molecule has 11 heteroatoms. The van der Waals surface area contributed by atoms with E-state index in [1.165, 1.54) is 34.9 Å². The number of amides is 2. The number of hydrogen-bond donors (Lipinski definition) is 1. The zero-order chi connectivity index (χ0) is 34.5. The molecular weight excluding hydrogens is 650 g/mol. The molecule has 0 aliphatic rings. The number of carbonyl (C=O) groups excluding carboxylic acids is 2. The minimum atomic E-state index is -4.28. The van der Waals surface area contributed by atoms with E-state index in [1.54, 1.807) is 54.6 Å². The van der Waals surface area contributed by atoms with E-state index < -0.39 is 40.2 Å². The summed E-state index contributed by atoms with van der Waals surface area (Å²) >= 11 is 1.48. The topological polar surface area (TPSA) is 96.0 Å². The molecule has 254 valence electrons.